The Morgan fingerprint density at radius 3 is 2.58 bits per heavy atom. The van der Waals surface area contributed by atoms with E-state index in [2.05, 4.69) is 20.8 Å². The first-order valence-corrected chi connectivity index (χ1v) is 8.28. The number of hydrogen-bond donors (Lipinski definition) is 2. The first-order chi connectivity index (χ1) is 11.3. The lowest BCUT2D eigenvalue weighted by atomic mass is 9.96. The van der Waals surface area contributed by atoms with Gasteiger partial charge in [-0.1, -0.05) is 34.1 Å². The molecule has 0 saturated heterocycles. The highest BCUT2D eigenvalue weighted by Gasteiger charge is 2.30. The van der Waals surface area contributed by atoms with Gasteiger partial charge in [0.25, 0.3) is 0 Å². The van der Waals surface area contributed by atoms with Crippen molar-refractivity contribution in [2.75, 3.05) is 18.0 Å². The van der Waals surface area contributed by atoms with Gasteiger partial charge < -0.3 is 11.5 Å². The van der Waals surface area contributed by atoms with Crippen LogP contribution in [0.1, 0.15) is 22.3 Å². The predicted octanol–water partition coefficient (Wildman–Crippen LogP) is 4.19. The Labute approximate surface area is 146 Å². The minimum Gasteiger partial charge on any atom is -0.397 e. The van der Waals surface area contributed by atoms with E-state index in [1.807, 2.05) is 0 Å². The van der Waals surface area contributed by atoms with Gasteiger partial charge in [0.05, 0.1) is 16.9 Å². The van der Waals surface area contributed by atoms with Crippen molar-refractivity contribution in [2.45, 2.75) is 25.7 Å². The van der Waals surface area contributed by atoms with Gasteiger partial charge in [0.1, 0.15) is 0 Å². The van der Waals surface area contributed by atoms with Gasteiger partial charge >= 0.3 is 6.18 Å². The molecule has 0 bridgehead atoms. The van der Waals surface area contributed by atoms with Crippen LogP contribution in [0.5, 0.6) is 0 Å². The van der Waals surface area contributed by atoms with E-state index in [4.69, 9.17) is 11.5 Å². The maximum absolute atomic E-state index is 12.8. The number of nitrogens with zero attached hydrogens (tertiary/aromatic N) is 1. The Bertz CT molecular complexity index is 774. The maximum Gasteiger partial charge on any atom is 0.416 e. The second-order valence-electron chi connectivity index (χ2n) is 5.98. The van der Waals surface area contributed by atoms with Crippen LogP contribution >= 0.6 is 15.9 Å². The van der Waals surface area contributed by atoms with Gasteiger partial charge in [0.15, 0.2) is 0 Å². The second kappa shape index (κ2) is 6.29. The zero-order valence-electron chi connectivity index (χ0n) is 12.8. The van der Waals surface area contributed by atoms with Crippen LogP contribution in [0, 0.1) is 0 Å². The molecule has 7 heteroatoms. The number of halogens is 4. The molecule has 1 heterocycles. The molecule has 0 amide bonds. The molecule has 1 aliphatic heterocycles. The van der Waals surface area contributed by atoms with E-state index < -0.39 is 11.7 Å². The summed E-state index contributed by atoms with van der Waals surface area (Å²) < 4.78 is 39.4. The number of nitrogen functional groups attached to an aromatic ring is 2. The van der Waals surface area contributed by atoms with Gasteiger partial charge in [-0.2, -0.15) is 13.2 Å². The molecule has 0 aromatic heterocycles. The fraction of sp³-hybridized carbons (Fsp3) is 0.294. The predicted molar refractivity (Wildman–Crippen MR) is 92.2 cm³/mol. The van der Waals surface area contributed by atoms with Crippen LogP contribution in [0.25, 0.3) is 0 Å². The molecule has 3 rings (SSSR count). The van der Waals surface area contributed by atoms with E-state index in [-0.39, 0.29) is 0 Å². The molecule has 0 fully saturated rings. The molecule has 0 saturated carbocycles. The number of alkyl halides is 3. The molecular weight excluding hydrogens is 383 g/mol. The van der Waals surface area contributed by atoms with Gasteiger partial charge in [-0.05, 0) is 35.2 Å². The third kappa shape index (κ3) is 3.37. The molecule has 128 valence electrons. The fourth-order valence-electron chi connectivity index (χ4n) is 3.05. The van der Waals surface area contributed by atoms with E-state index in [0.717, 1.165) is 34.6 Å². The van der Waals surface area contributed by atoms with Crippen molar-refractivity contribution >= 4 is 27.3 Å². The molecule has 0 atom stereocenters. The van der Waals surface area contributed by atoms with Crippen molar-refractivity contribution in [3.05, 3.63) is 57.1 Å². The Balaban J connectivity index is 1.81. The van der Waals surface area contributed by atoms with Crippen molar-refractivity contribution in [3.8, 4) is 0 Å². The highest BCUT2D eigenvalue weighted by Crippen LogP contribution is 2.35. The lowest BCUT2D eigenvalue weighted by Crippen LogP contribution is -2.31. The highest BCUT2D eigenvalue weighted by atomic mass is 79.9. The normalized spacial score (nSPS) is 15.3. The number of rotatable bonds is 2. The molecule has 2 aromatic rings. The van der Waals surface area contributed by atoms with Crippen molar-refractivity contribution in [1.29, 1.82) is 0 Å². The van der Waals surface area contributed by atoms with Crippen LogP contribution in [0.3, 0.4) is 0 Å². The molecule has 1 aliphatic rings. The monoisotopic (exact) mass is 399 g/mol. The van der Waals surface area contributed by atoms with Crippen LogP contribution in [0.2, 0.25) is 0 Å². The van der Waals surface area contributed by atoms with Crippen molar-refractivity contribution < 1.29 is 13.2 Å². The Hall–Kier alpha value is -1.73. The van der Waals surface area contributed by atoms with Crippen molar-refractivity contribution in [1.82, 2.24) is 4.90 Å². The molecule has 0 radical (unpaired) electrons. The third-order valence-corrected chi connectivity index (χ3v) is 5.00. The zero-order valence-corrected chi connectivity index (χ0v) is 14.4. The summed E-state index contributed by atoms with van der Waals surface area (Å²) in [6.45, 7) is 1.81. The Morgan fingerprint density at radius 1 is 1.12 bits per heavy atom. The van der Waals surface area contributed by atoms with Crippen molar-refractivity contribution in [3.63, 3.8) is 0 Å². The molecule has 0 aliphatic carbocycles. The largest absolute Gasteiger partial charge is 0.416 e. The van der Waals surface area contributed by atoms with Crippen molar-refractivity contribution in [2.24, 2.45) is 0 Å². The minimum atomic E-state index is -4.32. The first kappa shape index (κ1) is 17.1. The quantitative estimate of drug-likeness (QED) is 0.744. The number of anilines is 2. The van der Waals surface area contributed by atoms with E-state index in [9.17, 15) is 13.2 Å². The fourth-order valence-corrected chi connectivity index (χ4v) is 3.66. The topological polar surface area (TPSA) is 55.3 Å². The van der Waals surface area contributed by atoms with Crippen LogP contribution in [-0.2, 0) is 25.7 Å². The Kier molecular flexibility index (Phi) is 4.48. The summed E-state index contributed by atoms with van der Waals surface area (Å²) in [4.78, 5) is 2.11. The Morgan fingerprint density at radius 2 is 1.88 bits per heavy atom. The van der Waals surface area contributed by atoms with Gasteiger partial charge in [-0.25, -0.2) is 0 Å². The average Bonchev–Trinajstić information content (AvgIpc) is 2.52. The number of benzene rings is 2. The van der Waals surface area contributed by atoms with E-state index in [0.29, 0.717) is 30.0 Å². The van der Waals surface area contributed by atoms with Gasteiger partial charge in [-0.3, -0.25) is 4.90 Å². The number of fused-ring (bicyclic) bond motifs is 1. The number of hydrogen-bond acceptors (Lipinski definition) is 3. The lowest BCUT2D eigenvalue weighted by molar-refractivity contribution is -0.137. The minimum absolute atomic E-state index is 0.458. The lowest BCUT2D eigenvalue weighted by Gasteiger charge is -2.31. The van der Waals surface area contributed by atoms with E-state index >= 15 is 0 Å². The summed E-state index contributed by atoms with van der Waals surface area (Å²) in [6, 6.07) is 7.25. The summed E-state index contributed by atoms with van der Waals surface area (Å²) >= 11 is 3.51. The summed E-state index contributed by atoms with van der Waals surface area (Å²) in [5, 5.41) is 0. The zero-order chi connectivity index (χ0) is 17.5. The molecule has 0 unspecified atom stereocenters. The standard InChI is InChI=1S/C17H17BrF3N3/c18-14-7-15(22)16(23)12-4-5-24(9-13(12)14)8-10-2-1-3-11(6-10)17(19,20)21/h1-3,6-7H,4-5,8-9,22-23H2. The SMILES string of the molecule is Nc1cc(Br)c2c(c1N)CCN(Cc1cccc(C(F)(F)F)c1)C2. The van der Waals surface area contributed by atoms with Gasteiger partial charge in [0.2, 0.25) is 0 Å². The van der Waals surface area contributed by atoms with Crippen LogP contribution in [0.15, 0.2) is 34.8 Å². The molecule has 3 nitrogen and oxygen atoms in total. The molecule has 0 spiro atoms. The summed E-state index contributed by atoms with van der Waals surface area (Å²) in [5.74, 6) is 0. The smallest absolute Gasteiger partial charge is 0.397 e. The summed E-state index contributed by atoms with van der Waals surface area (Å²) in [5.41, 5.74) is 15.2. The van der Waals surface area contributed by atoms with Crippen LogP contribution in [-0.4, -0.2) is 11.4 Å². The summed E-state index contributed by atoms with van der Waals surface area (Å²) in [7, 11) is 0. The summed E-state index contributed by atoms with van der Waals surface area (Å²) in [6.07, 6.45) is -3.59. The second-order valence-corrected chi connectivity index (χ2v) is 6.83. The van der Waals surface area contributed by atoms with Crippen LogP contribution in [0.4, 0.5) is 24.5 Å². The first-order valence-electron chi connectivity index (χ1n) is 7.49. The molecule has 24 heavy (non-hydrogen) atoms. The maximum atomic E-state index is 12.8. The molecule has 4 N–H and O–H groups in total. The average molecular weight is 400 g/mol. The number of nitrogens with two attached hydrogens (primary N) is 2. The van der Waals surface area contributed by atoms with Crippen LogP contribution < -0.4 is 11.5 Å². The van der Waals surface area contributed by atoms with Gasteiger partial charge in [-0.15, -0.1) is 0 Å². The van der Waals surface area contributed by atoms with E-state index in [1.165, 1.54) is 12.1 Å². The third-order valence-electron chi connectivity index (χ3n) is 4.29. The molecule has 2 aromatic carbocycles. The van der Waals surface area contributed by atoms with E-state index in [1.54, 1.807) is 12.1 Å². The molecular formula is C17H17BrF3N3. The van der Waals surface area contributed by atoms with Gasteiger partial charge in [0, 0.05) is 24.1 Å². The highest BCUT2D eigenvalue weighted by molar-refractivity contribution is 9.10.